The standard InChI is InChI=1S/C23H32O2/c1-9-15-16-13-17-22(4,5)11-10-12-23(17,6)19(16)21(25-8)20(24-7)18(15)14(2)3/h9,13-14H,1,10-12H2,2-8H3. The largest absolute Gasteiger partial charge is 0.493 e. The maximum absolute atomic E-state index is 5.96. The van der Waals surface area contributed by atoms with Crippen molar-refractivity contribution in [3.05, 3.63) is 34.4 Å². The molecule has 0 N–H and O–H groups in total. The van der Waals surface area contributed by atoms with Gasteiger partial charge in [-0.15, -0.1) is 0 Å². The predicted octanol–water partition coefficient (Wildman–Crippen LogP) is 6.34. The zero-order valence-electron chi connectivity index (χ0n) is 16.9. The Labute approximate surface area is 152 Å². The maximum Gasteiger partial charge on any atom is 0.165 e. The Hall–Kier alpha value is -1.70. The lowest BCUT2D eigenvalue weighted by molar-refractivity contribution is 0.259. The van der Waals surface area contributed by atoms with Gasteiger partial charge in [0.2, 0.25) is 0 Å². The molecule has 2 aliphatic rings. The second-order valence-corrected chi connectivity index (χ2v) is 8.67. The molecule has 1 unspecified atom stereocenters. The average molecular weight is 341 g/mol. The molecule has 1 aromatic carbocycles. The van der Waals surface area contributed by atoms with Gasteiger partial charge in [0.25, 0.3) is 0 Å². The molecule has 0 aliphatic heterocycles. The second kappa shape index (κ2) is 5.93. The molecule has 2 nitrogen and oxygen atoms in total. The van der Waals surface area contributed by atoms with Crippen LogP contribution in [0.3, 0.4) is 0 Å². The molecule has 1 saturated carbocycles. The van der Waals surface area contributed by atoms with E-state index in [-0.39, 0.29) is 10.8 Å². The lowest BCUT2D eigenvalue weighted by atomic mass is 9.60. The van der Waals surface area contributed by atoms with Crippen LogP contribution in [-0.4, -0.2) is 14.2 Å². The van der Waals surface area contributed by atoms with Crippen LogP contribution in [0.15, 0.2) is 12.2 Å². The van der Waals surface area contributed by atoms with Gasteiger partial charge in [-0.05, 0) is 35.3 Å². The first-order valence-corrected chi connectivity index (χ1v) is 9.40. The molecule has 0 radical (unpaired) electrons. The van der Waals surface area contributed by atoms with Crippen LogP contribution in [0.4, 0.5) is 0 Å². The summed E-state index contributed by atoms with van der Waals surface area (Å²) in [6, 6.07) is 0. The zero-order valence-corrected chi connectivity index (χ0v) is 16.9. The smallest absolute Gasteiger partial charge is 0.165 e. The van der Waals surface area contributed by atoms with Crippen LogP contribution in [0.2, 0.25) is 0 Å². The Morgan fingerprint density at radius 3 is 2.24 bits per heavy atom. The predicted molar refractivity (Wildman–Crippen MR) is 107 cm³/mol. The van der Waals surface area contributed by atoms with Crippen molar-refractivity contribution in [2.45, 2.75) is 65.2 Å². The minimum atomic E-state index is 0.0168. The molecule has 0 spiro atoms. The van der Waals surface area contributed by atoms with Crippen molar-refractivity contribution in [3.63, 3.8) is 0 Å². The Balaban J connectivity index is 2.44. The van der Waals surface area contributed by atoms with E-state index in [0.717, 1.165) is 17.9 Å². The van der Waals surface area contributed by atoms with Gasteiger partial charge >= 0.3 is 0 Å². The van der Waals surface area contributed by atoms with Crippen LogP contribution in [0.1, 0.15) is 82.1 Å². The molecule has 0 heterocycles. The molecule has 25 heavy (non-hydrogen) atoms. The van der Waals surface area contributed by atoms with Crippen LogP contribution in [0.25, 0.3) is 12.2 Å². The number of allylic oxidation sites excluding steroid dienone is 1. The van der Waals surface area contributed by atoms with Gasteiger partial charge in [-0.25, -0.2) is 0 Å². The fraction of sp³-hybridized carbons (Fsp3) is 0.565. The van der Waals surface area contributed by atoms with Crippen molar-refractivity contribution in [2.75, 3.05) is 14.2 Å². The molecule has 0 saturated heterocycles. The summed E-state index contributed by atoms with van der Waals surface area (Å²) in [5.74, 6) is 2.13. The molecule has 1 aromatic rings. The lowest BCUT2D eigenvalue weighted by Crippen LogP contribution is -2.35. The molecule has 0 bridgehead atoms. The number of hydrogen-bond donors (Lipinski definition) is 0. The van der Waals surface area contributed by atoms with Gasteiger partial charge in [-0.1, -0.05) is 65.3 Å². The minimum Gasteiger partial charge on any atom is -0.493 e. The summed E-state index contributed by atoms with van der Waals surface area (Å²) in [7, 11) is 3.52. The summed E-state index contributed by atoms with van der Waals surface area (Å²) >= 11 is 0. The quantitative estimate of drug-likeness (QED) is 0.637. The zero-order chi connectivity index (χ0) is 18.6. The summed E-state index contributed by atoms with van der Waals surface area (Å²) < 4.78 is 11.8. The number of benzene rings is 1. The van der Waals surface area contributed by atoms with E-state index >= 15 is 0 Å². The number of fused-ring (bicyclic) bond motifs is 3. The van der Waals surface area contributed by atoms with Crippen LogP contribution in [-0.2, 0) is 5.41 Å². The third-order valence-electron chi connectivity index (χ3n) is 6.36. The van der Waals surface area contributed by atoms with Crippen molar-refractivity contribution < 1.29 is 9.47 Å². The van der Waals surface area contributed by atoms with Gasteiger partial charge in [-0.3, -0.25) is 0 Å². The van der Waals surface area contributed by atoms with Crippen molar-refractivity contribution >= 4 is 12.2 Å². The van der Waals surface area contributed by atoms with E-state index in [2.05, 4.69) is 47.3 Å². The fourth-order valence-electron chi connectivity index (χ4n) is 5.31. The Morgan fingerprint density at radius 2 is 1.72 bits per heavy atom. The van der Waals surface area contributed by atoms with Gasteiger partial charge in [0, 0.05) is 16.5 Å². The van der Waals surface area contributed by atoms with Gasteiger partial charge in [0.05, 0.1) is 14.2 Å². The van der Waals surface area contributed by atoms with Gasteiger partial charge in [0.15, 0.2) is 11.5 Å². The maximum atomic E-state index is 5.96. The van der Waals surface area contributed by atoms with Crippen LogP contribution < -0.4 is 9.47 Å². The van der Waals surface area contributed by atoms with Crippen molar-refractivity contribution in [3.8, 4) is 11.5 Å². The van der Waals surface area contributed by atoms with Gasteiger partial charge < -0.3 is 9.47 Å². The van der Waals surface area contributed by atoms with E-state index in [4.69, 9.17) is 9.47 Å². The summed E-state index contributed by atoms with van der Waals surface area (Å²) in [6.45, 7) is 15.7. The third kappa shape index (κ3) is 2.37. The fourth-order valence-corrected chi connectivity index (χ4v) is 5.31. The van der Waals surface area contributed by atoms with E-state index in [1.165, 1.54) is 40.7 Å². The van der Waals surface area contributed by atoms with Gasteiger partial charge in [0.1, 0.15) is 0 Å². The number of ether oxygens (including phenoxy) is 2. The highest BCUT2D eigenvalue weighted by Gasteiger charge is 2.49. The highest BCUT2D eigenvalue weighted by molar-refractivity contribution is 5.84. The first-order chi connectivity index (χ1) is 11.7. The molecular formula is C23H32O2. The first-order valence-electron chi connectivity index (χ1n) is 9.40. The minimum absolute atomic E-state index is 0.0168. The average Bonchev–Trinajstić information content (AvgIpc) is 2.87. The van der Waals surface area contributed by atoms with Gasteiger partial charge in [-0.2, -0.15) is 0 Å². The van der Waals surface area contributed by atoms with Crippen LogP contribution >= 0.6 is 0 Å². The van der Waals surface area contributed by atoms with Crippen molar-refractivity contribution in [1.82, 2.24) is 0 Å². The van der Waals surface area contributed by atoms with Crippen LogP contribution in [0, 0.1) is 5.41 Å². The number of methoxy groups -OCH3 is 2. The number of hydrogen-bond acceptors (Lipinski definition) is 2. The monoisotopic (exact) mass is 340 g/mol. The summed E-state index contributed by atoms with van der Waals surface area (Å²) in [4.78, 5) is 0. The highest BCUT2D eigenvalue weighted by Crippen LogP contribution is 2.62. The number of rotatable bonds is 4. The van der Waals surface area contributed by atoms with Crippen molar-refractivity contribution in [2.24, 2.45) is 5.41 Å². The Kier molecular flexibility index (Phi) is 4.29. The third-order valence-corrected chi connectivity index (χ3v) is 6.36. The summed E-state index contributed by atoms with van der Waals surface area (Å²) in [6.07, 6.45) is 8.07. The molecule has 2 heteroatoms. The van der Waals surface area contributed by atoms with Crippen molar-refractivity contribution in [1.29, 1.82) is 0 Å². The summed E-state index contributed by atoms with van der Waals surface area (Å²) in [5, 5.41) is 0. The van der Waals surface area contributed by atoms with E-state index in [9.17, 15) is 0 Å². The summed E-state index contributed by atoms with van der Waals surface area (Å²) in [5.41, 5.74) is 6.76. The van der Waals surface area contributed by atoms with Crippen LogP contribution in [0.5, 0.6) is 11.5 Å². The lowest BCUT2D eigenvalue weighted by Gasteiger charge is -2.44. The molecule has 0 aromatic heterocycles. The first kappa shape index (κ1) is 18.1. The molecule has 3 rings (SSSR count). The SMILES string of the molecule is C=Cc1c2c(c(OC)c(OC)c1C(C)C)C1(C)CCCC(C)(C)C1=C2. The molecule has 1 atom stereocenters. The molecule has 1 fully saturated rings. The molecular weight excluding hydrogens is 308 g/mol. The second-order valence-electron chi connectivity index (χ2n) is 8.67. The van der Waals surface area contributed by atoms with E-state index in [1.807, 2.05) is 6.08 Å². The molecule has 136 valence electrons. The molecule has 2 aliphatic carbocycles. The van der Waals surface area contributed by atoms with E-state index in [0.29, 0.717) is 5.92 Å². The Bertz CT molecular complexity index is 752. The molecule has 0 amide bonds. The van der Waals surface area contributed by atoms with E-state index < -0.39 is 0 Å². The Morgan fingerprint density at radius 1 is 1.08 bits per heavy atom. The highest BCUT2D eigenvalue weighted by atomic mass is 16.5. The normalized spacial score (nSPS) is 23.8. The topological polar surface area (TPSA) is 18.5 Å². The van der Waals surface area contributed by atoms with E-state index in [1.54, 1.807) is 14.2 Å².